The van der Waals surface area contributed by atoms with Crippen molar-refractivity contribution in [3.63, 3.8) is 0 Å². The lowest BCUT2D eigenvalue weighted by Crippen LogP contribution is -2.52. The number of hydrogen-bond donors (Lipinski definition) is 1. The molecule has 1 aliphatic rings. The monoisotopic (exact) mass is 361 g/mol. The van der Waals surface area contributed by atoms with Gasteiger partial charge in [0, 0.05) is 31.9 Å². The number of nitrogens with zero attached hydrogens (tertiary/aromatic N) is 2. The average molecular weight is 362 g/mol. The third-order valence-electron chi connectivity index (χ3n) is 4.47. The van der Waals surface area contributed by atoms with E-state index in [4.69, 9.17) is 11.6 Å². The van der Waals surface area contributed by atoms with E-state index in [1.807, 2.05) is 25.1 Å². The minimum absolute atomic E-state index is 0.0649. The molecule has 25 heavy (non-hydrogen) atoms. The van der Waals surface area contributed by atoms with Gasteiger partial charge in [0.05, 0.1) is 11.1 Å². The number of halogens is 2. The molecule has 2 aromatic carbocycles. The first kappa shape index (κ1) is 17.5. The van der Waals surface area contributed by atoms with Crippen LogP contribution in [0.5, 0.6) is 0 Å². The molecule has 1 fully saturated rings. The van der Waals surface area contributed by atoms with Crippen LogP contribution in [0.15, 0.2) is 48.5 Å². The van der Waals surface area contributed by atoms with Crippen molar-refractivity contribution in [2.24, 2.45) is 0 Å². The molecule has 3 rings (SSSR count). The van der Waals surface area contributed by atoms with Crippen LogP contribution in [-0.4, -0.2) is 37.1 Å². The van der Waals surface area contributed by atoms with E-state index >= 15 is 0 Å². The summed E-state index contributed by atoms with van der Waals surface area (Å²) in [5, 5.41) is 3.02. The van der Waals surface area contributed by atoms with Gasteiger partial charge in [0.15, 0.2) is 0 Å². The number of para-hydroxylation sites is 1. The van der Waals surface area contributed by atoms with Crippen molar-refractivity contribution in [3.8, 4) is 0 Å². The van der Waals surface area contributed by atoms with Crippen molar-refractivity contribution in [2.75, 3.05) is 31.1 Å². The number of rotatable bonds is 3. The van der Waals surface area contributed by atoms with E-state index in [1.54, 1.807) is 17.0 Å². The highest BCUT2D eigenvalue weighted by Gasteiger charge is 2.22. The first-order valence-corrected chi connectivity index (χ1v) is 8.73. The van der Waals surface area contributed by atoms with Crippen LogP contribution in [-0.2, 0) is 0 Å². The summed E-state index contributed by atoms with van der Waals surface area (Å²) in [5.74, 6) is -0.457. The summed E-state index contributed by atoms with van der Waals surface area (Å²) in [4.78, 5) is 16.5. The normalized spacial score (nSPS) is 15.8. The van der Waals surface area contributed by atoms with Crippen LogP contribution in [0.3, 0.4) is 0 Å². The molecule has 1 heterocycles. The minimum atomic E-state index is -0.457. The molecule has 0 radical (unpaired) electrons. The van der Waals surface area contributed by atoms with Gasteiger partial charge in [-0.15, -0.1) is 0 Å². The number of amides is 2. The zero-order valence-electron chi connectivity index (χ0n) is 14.1. The van der Waals surface area contributed by atoms with E-state index in [-0.39, 0.29) is 17.1 Å². The lowest BCUT2D eigenvalue weighted by atomic mass is 10.1. The molecule has 0 saturated carbocycles. The molecule has 2 aromatic rings. The van der Waals surface area contributed by atoms with Gasteiger partial charge in [-0.05, 0) is 36.8 Å². The van der Waals surface area contributed by atoms with Gasteiger partial charge in [0.2, 0.25) is 0 Å². The van der Waals surface area contributed by atoms with Gasteiger partial charge in [0.25, 0.3) is 0 Å². The van der Waals surface area contributed by atoms with Gasteiger partial charge in [-0.1, -0.05) is 35.9 Å². The highest BCUT2D eigenvalue weighted by Crippen LogP contribution is 2.21. The Morgan fingerprint density at radius 2 is 1.80 bits per heavy atom. The molecule has 0 spiro atoms. The molecule has 1 saturated heterocycles. The number of carbonyl (C=O) groups is 1. The third-order valence-corrected chi connectivity index (χ3v) is 4.76. The molecule has 6 heteroatoms. The minimum Gasteiger partial charge on any atom is -0.368 e. The molecule has 2 amide bonds. The fourth-order valence-electron chi connectivity index (χ4n) is 2.95. The second-order valence-electron chi connectivity index (χ2n) is 6.15. The number of anilines is 1. The quantitative estimate of drug-likeness (QED) is 0.894. The van der Waals surface area contributed by atoms with Crippen LogP contribution in [0.1, 0.15) is 18.5 Å². The highest BCUT2D eigenvalue weighted by molar-refractivity contribution is 6.30. The van der Waals surface area contributed by atoms with E-state index in [9.17, 15) is 9.18 Å². The van der Waals surface area contributed by atoms with E-state index < -0.39 is 5.82 Å². The largest absolute Gasteiger partial charge is 0.368 e. The van der Waals surface area contributed by atoms with Crippen LogP contribution in [0.2, 0.25) is 5.02 Å². The topological polar surface area (TPSA) is 35.6 Å². The van der Waals surface area contributed by atoms with Crippen LogP contribution < -0.4 is 10.2 Å². The highest BCUT2D eigenvalue weighted by atomic mass is 35.5. The molecule has 0 bridgehead atoms. The Bertz CT molecular complexity index is 733. The predicted octanol–water partition coefficient (Wildman–Crippen LogP) is 4.07. The summed E-state index contributed by atoms with van der Waals surface area (Å²) in [6.45, 7) is 4.79. The van der Waals surface area contributed by atoms with Gasteiger partial charge in [0.1, 0.15) is 5.82 Å². The average Bonchev–Trinajstić information content (AvgIpc) is 2.64. The summed E-state index contributed by atoms with van der Waals surface area (Å²) in [6.07, 6.45) is 0. The van der Waals surface area contributed by atoms with Gasteiger partial charge in [-0.3, -0.25) is 0 Å². The van der Waals surface area contributed by atoms with Crippen molar-refractivity contribution in [1.82, 2.24) is 10.2 Å². The molecular formula is C19H21ClFN3O. The second-order valence-corrected chi connectivity index (χ2v) is 6.56. The maximum Gasteiger partial charge on any atom is 0.317 e. The molecule has 1 unspecified atom stereocenters. The van der Waals surface area contributed by atoms with E-state index in [2.05, 4.69) is 22.3 Å². The van der Waals surface area contributed by atoms with Gasteiger partial charge >= 0.3 is 6.03 Å². The first-order chi connectivity index (χ1) is 12.0. The van der Waals surface area contributed by atoms with E-state index in [0.717, 1.165) is 18.7 Å². The molecule has 1 N–H and O–H groups in total. The number of piperazine rings is 1. The summed E-state index contributed by atoms with van der Waals surface area (Å²) in [5.41, 5.74) is 1.96. The summed E-state index contributed by atoms with van der Waals surface area (Å²) < 4.78 is 13.3. The molecule has 0 aliphatic carbocycles. The molecule has 4 nitrogen and oxygen atoms in total. The number of nitrogens with one attached hydrogen (secondary N) is 1. The lowest BCUT2D eigenvalue weighted by Gasteiger charge is -2.36. The summed E-state index contributed by atoms with van der Waals surface area (Å²) >= 11 is 5.81. The molecule has 0 aromatic heterocycles. The zero-order valence-corrected chi connectivity index (χ0v) is 14.8. The van der Waals surface area contributed by atoms with Gasteiger partial charge < -0.3 is 15.1 Å². The Hall–Kier alpha value is -2.27. The Labute approximate surface area is 152 Å². The van der Waals surface area contributed by atoms with Crippen molar-refractivity contribution in [1.29, 1.82) is 0 Å². The van der Waals surface area contributed by atoms with Gasteiger partial charge in [-0.2, -0.15) is 0 Å². The van der Waals surface area contributed by atoms with E-state index in [1.165, 1.54) is 11.8 Å². The summed E-state index contributed by atoms with van der Waals surface area (Å²) in [7, 11) is 0. The van der Waals surface area contributed by atoms with Crippen LogP contribution in [0.4, 0.5) is 14.9 Å². The fourth-order valence-corrected chi connectivity index (χ4v) is 3.14. The van der Waals surface area contributed by atoms with Crippen LogP contribution in [0, 0.1) is 5.82 Å². The molecule has 1 aliphatic heterocycles. The number of urea groups is 1. The molecular weight excluding hydrogens is 341 g/mol. The van der Waals surface area contributed by atoms with Crippen LogP contribution >= 0.6 is 11.6 Å². The zero-order chi connectivity index (χ0) is 17.8. The lowest BCUT2D eigenvalue weighted by molar-refractivity contribution is 0.191. The Morgan fingerprint density at radius 3 is 2.44 bits per heavy atom. The molecule has 1 atom stereocenters. The van der Waals surface area contributed by atoms with Crippen molar-refractivity contribution in [2.45, 2.75) is 13.0 Å². The fraction of sp³-hybridized carbons (Fsp3) is 0.316. The van der Waals surface area contributed by atoms with Gasteiger partial charge in [-0.25, -0.2) is 9.18 Å². The van der Waals surface area contributed by atoms with E-state index in [0.29, 0.717) is 13.1 Å². The van der Waals surface area contributed by atoms with Crippen molar-refractivity contribution in [3.05, 3.63) is 64.9 Å². The smallest absolute Gasteiger partial charge is 0.317 e. The Kier molecular flexibility index (Phi) is 5.43. The predicted molar refractivity (Wildman–Crippen MR) is 98.6 cm³/mol. The maximum atomic E-state index is 13.3. The third kappa shape index (κ3) is 4.23. The summed E-state index contributed by atoms with van der Waals surface area (Å²) in [6, 6.07) is 14.3. The number of hydrogen-bond acceptors (Lipinski definition) is 2. The second kappa shape index (κ2) is 7.74. The Balaban J connectivity index is 1.55. The van der Waals surface area contributed by atoms with Crippen molar-refractivity contribution >= 4 is 23.3 Å². The molecule has 132 valence electrons. The number of carbonyl (C=O) groups excluding carboxylic acids is 1. The standard InChI is InChI=1S/C19H21ClFN3O/c1-14(15-7-8-18(21)17(20)13-15)22-19(25)24-11-9-23(10-12-24)16-5-3-2-4-6-16/h2-8,13-14H,9-12H2,1H3,(H,22,25). The Morgan fingerprint density at radius 1 is 1.12 bits per heavy atom. The van der Waals surface area contributed by atoms with Crippen molar-refractivity contribution < 1.29 is 9.18 Å². The van der Waals surface area contributed by atoms with Crippen LogP contribution in [0.25, 0.3) is 0 Å². The SMILES string of the molecule is CC(NC(=O)N1CCN(c2ccccc2)CC1)c1ccc(F)c(Cl)c1. The maximum absolute atomic E-state index is 13.3. The number of benzene rings is 2. The first-order valence-electron chi connectivity index (χ1n) is 8.35.